The molecule has 49 heavy (non-hydrogen) atoms. The van der Waals surface area contributed by atoms with Crippen LogP contribution < -0.4 is 4.90 Å². The van der Waals surface area contributed by atoms with E-state index in [0.717, 1.165) is 44.6 Å². The molecule has 0 radical (unpaired) electrons. The number of aryl methyl sites for hydroxylation is 2. The van der Waals surface area contributed by atoms with Crippen molar-refractivity contribution < 1.29 is 6.85 Å². The summed E-state index contributed by atoms with van der Waals surface area (Å²) in [5.74, 6) is 0. The van der Waals surface area contributed by atoms with Gasteiger partial charge in [0.05, 0.1) is 17.9 Å². The van der Waals surface area contributed by atoms with Gasteiger partial charge in [-0.1, -0.05) is 128 Å². The third-order valence-electron chi connectivity index (χ3n) is 9.72. The van der Waals surface area contributed by atoms with Gasteiger partial charge in [0.1, 0.15) is 0 Å². The normalized spacial score (nSPS) is 13.1. The van der Waals surface area contributed by atoms with Crippen molar-refractivity contribution in [2.24, 2.45) is 0 Å². The summed E-state index contributed by atoms with van der Waals surface area (Å²) in [5, 5.41) is 1.90. The summed E-state index contributed by atoms with van der Waals surface area (Å²) in [7, 11) is 0. The van der Waals surface area contributed by atoms with Gasteiger partial charge in [-0.25, -0.2) is 0 Å². The Morgan fingerprint density at radius 3 is 1.65 bits per heavy atom. The Labute approximate surface area is 296 Å². The van der Waals surface area contributed by atoms with Gasteiger partial charge in [0.2, 0.25) is 0 Å². The lowest BCUT2D eigenvalue weighted by Gasteiger charge is -2.26. The second-order valence-corrected chi connectivity index (χ2v) is 13.3. The van der Waals surface area contributed by atoms with Crippen molar-refractivity contribution in [1.82, 2.24) is 4.57 Å². The first-order valence-electron chi connectivity index (χ1n) is 19.2. The molecule has 0 aliphatic carbocycles. The number of nitrogens with zero attached hydrogens (tertiary/aromatic N) is 2. The molecule has 0 fully saturated rings. The lowest BCUT2D eigenvalue weighted by molar-refractivity contribution is 0.641. The smallest absolute Gasteiger partial charge is 0.0629 e. The topological polar surface area (TPSA) is 8.17 Å². The van der Waals surface area contributed by atoms with Crippen LogP contribution >= 0.6 is 0 Å². The molecular formula is C47H40N2. The Bertz CT molecular complexity index is 2600. The largest absolute Gasteiger partial charge is 0.310 e. The quantitative estimate of drug-likeness (QED) is 0.169. The highest BCUT2D eigenvalue weighted by molar-refractivity contribution is 6.11. The fourth-order valence-corrected chi connectivity index (χ4v) is 6.86. The summed E-state index contributed by atoms with van der Waals surface area (Å²) < 4.78 is 44.6. The minimum absolute atomic E-state index is 0.188. The average molecular weight is 638 g/mol. The molecule has 2 nitrogen and oxygen atoms in total. The molecule has 0 aliphatic rings. The lowest BCUT2D eigenvalue weighted by Crippen LogP contribution is -2.18. The average Bonchev–Trinajstić information content (AvgIpc) is 3.51. The van der Waals surface area contributed by atoms with Gasteiger partial charge in [-0.3, -0.25) is 0 Å². The molecule has 1 heterocycles. The predicted octanol–water partition coefficient (Wildman–Crippen LogP) is 12.9. The first-order valence-corrected chi connectivity index (χ1v) is 16.7. The van der Waals surface area contributed by atoms with Crippen LogP contribution in [0.25, 0.3) is 38.6 Å². The van der Waals surface area contributed by atoms with Crippen molar-refractivity contribution in [3.05, 3.63) is 192 Å². The fraction of sp³-hybridized carbons (Fsp3) is 0.106. The van der Waals surface area contributed by atoms with Crippen LogP contribution in [0.4, 0.5) is 17.1 Å². The molecule has 0 spiro atoms. The Balaban J connectivity index is 1.36. The number of hydrogen-bond donors (Lipinski definition) is 0. The molecule has 8 aromatic rings. The van der Waals surface area contributed by atoms with Gasteiger partial charge in [0.25, 0.3) is 0 Å². The fourth-order valence-electron chi connectivity index (χ4n) is 6.86. The minimum Gasteiger partial charge on any atom is -0.310 e. The van der Waals surface area contributed by atoms with Crippen LogP contribution in [0.3, 0.4) is 0 Å². The van der Waals surface area contributed by atoms with Gasteiger partial charge in [-0.15, -0.1) is 0 Å². The molecule has 0 amide bonds. The number of anilines is 3. The van der Waals surface area contributed by atoms with Gasteiger partial charge < -0.3 is 9.47 Å². The van der Waals surface area contributed by atoms with E-state index in [9.17, 15) is 0 Å². The number of aromatic nitrogens is 1. The molecule has 0 atom stereocenters. The third-order valence-corrected chi connectivity index (χ3v) is 9.72. The van der Waals surface area contributed by atoms with Crippen LogP contribution in [-0.4, -0.2) is 4.57 Å². The molecule has 7 aromatic carbocycles. The Kier molecular flexibility index (Phi) is 6.33. The molecule has 0 bridgehead atoms. The summed E-state index contributed by atoms with van der Waals surface area (Å²) in [6.07, 6.45) is 0. The zero-order chi connectivity index (χ0) is 37.9. The summed E-state index contributed by atoms with van der Waals surface area (Å²) in [6.45, 7) is 8.66. The zero-order valence-corrected chi connectivity index (χ0v) is 28.2. The van der Waals surface area contributed by atoms with Crippen LogP contribution in [0, 0.1) is 13.8 Å². The number of fused-ring (bicyclic) bond motifs is 3. The van der Waals surface area contributed by atoms with E-state index < -0.39 is 6.04 Å². The van der Waals surface area contributed by atoms with E-state index in [0.29, 0.717) is 5.56 Å². The number of hydrogen-bond acceptors (Lipinski definition) is 1. The van der Waals surface area contributed by atoms with Gasteiger partial charge in [0, 0.05) is 38.9 Å². The SMILES string of the molecule is [2H]c1c([2H])c([2H])c(-c2ccc3c(c2)c2cc(N(c4ccc(C)cc4)c4ccc(C)cc4)ccc2n3-c2ccc(C(C)(C)c3ccccc3)cc2)c([2H])c1[2H]. The minimum atomic E-state index is -0.401. The van der Waals surface area contributed by atoms with Crippen molar-refractivity contribution >= 4 is 38.9 Å². The van der Waals surface area contributed by atoms with Gasteiger partial charge >= 0.3 is 0 Å². The summed E-state index contributed by atoms with van der Waals surface area (Å²) in [5.41, 5.74) is 11.4. The highest BCUT2D eigenvalue weighted by Gasteiger charge is 2.23. The summed E-state index contributed by atoms with van der Waals surface area (Å²) >= 11 is 0. The van der Waals surface area contributed by atoms with Gasteiger partial charge in [-0.2, -0.15) is 0 Å². The van der Waals surface area contributed by atoms with E-state index in [1.165, 1.54) is 22.3 Å². The summed E-state index contributed by atoms with van der Waals surface area (Å²) in [4.78, 5) is 2.25. The number of rotatable bonds is 7. The van der Waals surface area contributed by atoms with Gasteiger partial charge in [-0.05, 0) is 103 Å². The zero-order valence-electron chi connectivity index (χ0n) is 33.2. The maximum atomic E-state index is 8.74. The van der Waals surface area contributed by atoms with Gasteiger partial charge in [0.15, 0.2) is 0 Å². The second-order valence-electron chi connectivity index (χ2n) is 13.3. The van der Waals surface area contributed by atoms with Crippen molar-refractivity contribution in [2.75, 3.05) is 4.90 Å². The first-order chi connectivity index (χ1) is 25.9. The van der Waals surface area contributed by atoms with Crippen LogP contribution in [-0.2, 0) is 5.41 Å². The lowest BCUT2D eigenvalue weighted by atomic mass is 9.78. The predicted molar refractivity (Wildman–Crippen MR) is 209 cm³/mol. The van der Waals surface area contributed by atoms with Crippen molar-refractivity contribution in [3.63, 3.8) is 0 Å². The monoisotopic (exact) mass is 637 g/mol. The van der Waals surface area contributed by atoms with E-state index in [2.05, 4.69) is 152 Å². The van der Waals surface area contributed by atoms with E-state index in [1.54, 1.807) is 0 Å². The number of benzene rings is 7. The maximum Gasteiger partial charge on any atom is 0.0629 e. The van der Waals surface area contributed by atoms with Crippen LogP contribution in [0.15, 0.2) is 170 Å². The molecule has 0 saturated heterocycles. The molecular weight excluding hydrogens is 593 g/mol. The first kappa shape index (κ1) is 25.2. The van der Waals surface area contributed by atoms with Crippen LogP contribution in [0.1, 0.15) is 43.0 Å². The molecule has 1 aromatic heterocycles. The molecule has 0 unspecified atom stereocenters. The van der Waals surface area contributed by atoms with E-state index >= 15 is 0 Å². The Morgan fingerprint density at radius 2 is 1.04 bits per heavy atom. The molecule has 0 N–H and O–H groups in total. The van der Waals surface area contributed by atoms with Crippen molar-refractivity contribution in [2.45, 2.75) is 33.1 Å². The second kappa shape index (κ2) is 12.3. The maximum absolute atomic E-state index is 8.74. The molecule has 0 saturated carbocycles. The Hall–Kier alpha value is -5.86. The highest BCUT2D eigenvalue weighted by atomic mass is 15.1. The van der Waals surface area contributed by atoms with Crippen molar-refractivity contribution in [3.8, 4) is 16.8 Å². The van der Waals surface area contributed by atoms with E-state index in [4.69, 9.17) is 6.85 Å². The molecule has 238 valence electrons. The van der Waals surface area contributed by atoms with Crippen molar-refractivity contribution in [1.29, 1.82) is 0 Å². The molecule has 8 rings (SSSR count). The standard InChI is InChI=1S/C47H40N2/c1-33-15-22-39(23-16-33)48(40-24-17-34(2)18-25-40)42-28-30-46-44(32-42)43-31-36(35-11-7-5-8-12-35)19-29-45(43)49(46)41-26-20-38(21-27-41)47(3,4)37-13-9-6-10-14-37/h5-32H,1-4H3/i5D,7D,8D,11D,12D. The molecule has 2 heteroatoms. The van der Waals surface area contributed by atoms with Crippen LogP contribution in [0.5, 0.6) is 0 Å². The highest BCUT2D eigenvalue weighted by Crippen LogP contribution is 2.41. The van der Waals surface area contributed by atoms with E-state index in [-0.39, 0.29) is 35.1 Å². The summed E-state index contributed by atoms with van der Waals surface area (Å²) in [6, 6.07) is 47.1. The molecule has 0 aliphatic heterocycles. The Morgan fingerprint density at radius 1 is 0.510 bits per heavy atom. The van der Waals surface area contributed by atoms with Crippen LogP contribution in [0.2, 0.25) is 0 Å². The third kappa shape index (κ3) is 5.60. The van der Waals surface area contributed by atoms with E-state index in [1.807, 2.05) is 24.3 Å².